The summed E-state index contributed by atoms with van der Waals surface area (Å²) in [6.45, 7) is 4.06. The summed E-state index contributed by atoms with van der Waals surface area (Å²) in [5, 5.41) is 2.72. The zero-order chi connectivity index (χ0) is 11.8. The van der Waals surface area contributed by atoms with E-state index in [1.807, 2.05) is 18.3 Å². The van der Waals surface area contributed by atoms with Gasteiger partial charge in [-0.05, 0) is 29.2 Å². The largest absolute Gasteiger partial charge is 0.358 e. The van der Waals surface area contributed by atoms with Crippen molar-refractivity contribution < 1.29 is 9.53 Å². The second-order valence-corrected chi connectivity index (χ2v) is 4.25. The molecule has 1 amide bonds. The molecule has 0 bridgehead atoms. The third-order valence-corrected chi connectivity index (χ3v) is 2.98. The Bertz CT molecular complexity index is 534. The highest BCUT2D eigenvalue weighted by Crippen LogP contribution is 2.28. The average Bonchev–Trinajstić information content (AvgIpc) is 2.72. The Morgan fingerprint density at radius 1 is 1.53 bits per heavy atom. The van der Waals surface area contributed by atoms with E-state index in [9.17, 15) is 4.79 Å². The first-order chi connectivity index (χ1) is 8.24. The lowest BCUT2D eigenvalue weighted by atomic mass is 10.1. The van der Waals surface area contributed by atoms with Gasteiger partial charge >= 0.3 is 0 Å². The van der Waals surface area contributed by atoms with Crippen molar-refractivity contribution in [2.75, 3.05) is 6.61 Å². The Morgan fingerprint density at radius 2 is 2.41 bits per heavy atom. The van der Waals surface area contributed by atoms with Gasteiger partial charge in [0, 0.05) is 18.1 Å². The molecule has 2 aliphatic rings. The highest BCUT2D eigenvalue weighted by molar-refractivity contribution is 5.88. The molecule has 1 aromatic rings. The molecule has 17 heavy (non-hydrogen) atoms. The first-order valence-corrected chi connectivity index (χ1v) is 5.47. The number of hydrogen-bond acceptors (Lipinski definition) is 3. The molecule has 0 spiro atoms. The number of nitrogens with one attached hydrogen (secondary N) is 1. The Hall–Kier alpha value is -1.94. The number of ether oxygens (including phenoxy) is 1. The number of rotatable bonds is 1. The zero-order valence-corrected chi connectivity index (χ0v) is 9.27. The summed E-state index contributed by atoms with van der Waals surface area (Å²) in [6, 6.07) is 1.95. The molecule has 1 aliphatic carbocycles. The molecule has 86 valence electrons. The molecule has 1 aliphatic heterocycles. The number of carbonyl (C=O) groups excluding carboxylic acids is 1. The quantitative estimate of drug-likeness (QED) is 0.781. The van der Waals surface area contributed by atoms with Crippen LogP contribution in [0.2, 0.25) is 0 Å². The highest BCUT2D eigenvalue weighted by Gasteiger charge is 2.30. The van der Waals surface area contributed by atoms with Crippen LogP contribution in [0.5, 0.6) is 0 Å². The van der Waals surface area contributed by atoms with E-state index in [4.69, 9.17) is 4.74 Å². The van der Waals surface area contributed by atoms with E-state index in [1.54, 1.807) is 6.20 Å². The van der Waals surface area contributed by atoms with Gasteiger partial charge < -0.3 is 10.1 Å². The summed E-state index contributed by atoms with van der Waals surface area (Å²) < 4.78 is 5.52. The maximum Gasteiger partial charge on any atom is 0.257 e. The molecule has 1 unspecified atom stereocenters. The molecule has 1 aromatic heterocycles. The number of pyridine rings is 1. The van der Waals surface area contributed by atoms with Crippen LogP contribution in [-0.2, 0) is 16.0 Å². The molecule has 1 saturated heterocycles. The molecule has 2 heterocycles. The highest BCUT2D eigenvalue weighted by atomic mass is 16.5. The molecule has 1 fully saturated rings. The number of nitrogens with zero attached hydrogens (tertiary/aromatic N) is 1. The van der Waals surface area contributed by atoms with E-state index in [0.717, 1.165) is 23.1 Å². The third-order valence-electron chi connectivity index (χ3n) is 2.98. The van der Waals surface area contributed by atoms with Crippen LogP contribution in [0, 0.1) is 0 Å². The topological polar surface area (TPSA) is 51.2 Å². The SMILES string of the molecule is C=C1COC(C2=Cc3ccncc3C2)C(=O)N1. The molecule has 4 heteroatoms. The van der Waals surface area contributed by atoms with E-state index in [0.29, 0.717) is 12.3 Å². The maximum absolute atomic E-state index is 11.8. The van der Waals surface area contributed by atoms with Gasteiger partial charge in [-0.15, -0.1) is 0 Å². The lowest BCUT2D eigenvalue weighted by Crippen LogP contribution is -2.43. The van der Waals surface area contributed by atoms with Crippen molar-refractivity contribution in [1.82, 2.24) is 10.3 Å². The third kappa shape index (κ3) is 1.76. The van der Waals surface area contributed by atoms with Gasteiger partial charge in [0.05, 0.1) is 6.61 Å². The van der Waals surface area contributed by atoms with E-state index in [-0.39, 0.29) is 5.91 Å². The maximum atomic E-state index is 11.8. The van der Waals surface area contributed by atoms with Crippen molar-refractivity contribution in [1.29, 1.82) is 0 Å². The van der Waals surface area contributed by atoms with E-state index >= 15 is 0 Å². The predicted octanol–water partition coefficient (Wildman–Crippen LogP) is 1.05. The molecule has 0 saturated carbocycles. The Kier molecular flexibility index (Phi) is 2.30. The van der Waals surface area contributed by atoms with Gasteiger partial charge in [-0.1, -0.05) is 12.7 Å². The Labute approximate surface area is 99.0 Å². The molecule has 0 aromatic carbocycles. The minimum absolute atomic E-state index is 0.131. The lowest BCUT2D eigenvalue weighted by Gasteiger charge is -2.25. The second-order valence-electron chi connectivity index (χ2n) is 4.25. The van der Waals surface area contributed by atoms with Crippen LogP contribution in [-0.4, -0.2) is 23.6 Å². The lowest BCUT2D eigenvalue weighted by molar-refractivity contribution is -0.132. The summed E-state index contributed by atoms with van der Waals surface area (Å²) in [5.74, 6) is -0.131. The summed E-state index contributed by atoms with van der Waals surface area (Å²) in [5.41, 5.74) is 3.86. The van der Waals surface area contributed by atoms with Crippen molar-refractivity contribution in [3.63, 3.8) is 0 Å². The number of fused-ring (bicyclic) bond motifs is 1. The molecular weight excluding hydrogens is 216 g/mol. The molecule has 1 atom stereocenters. The standard InChI is InChI=1S/C13H12N2O2/c1-8-7-17-12(13(16)15-8)10-4-9-2-3-14-6-11(9)5-10/h2-4,6,12H,1,5,7H2,(H,15,16). The van der Waals surface area contributed by atoms with Crippen LogP contribution in [0.3, 0.4) is 0 Å². The van der Waals surface area contributed by atoms with Gasteiger partial charge in [0.2, 0.25) is 0 Å². The van der Waals surface area contributed by atoms with Crippen LogP contribution in [0.25, 0.3) is 6.08 Å². The van der Waals surface area contributed by atoms with Gasteiger partial charge in [-0.2, -0.15) is 0 Å². The minimum Gasteiger partial charge on any atom is -0.358 e. The van der Waals surface area contributed by atoms with E-state index in [1.165, 1.54) is 0 Å². The number of amides is 1. The average molecular weight is 228 g/mol. The molecule has 3 rings (SSSR count). The molecule has 1 N–H and O–H groups in total. The van der Waals surface area contributed by atoms with Gasteiger partial charge in [0.25, 0.3) is 5.91 Å². The van der Waals surface area contributed by atoms with E-state index in [2.05, 4.69) is 16.9 Å². The van der Waals surface area contributed by atoms with Crippen molar-refractivity contribution in [3.8, 4) is 0 Å². The Morgan fingerprint density at radius 3 is 3.18 bits per heavy atom. The van der Waals surface area contributed by atoms with Crippen LogP contribution in [0.1, 0.15) is 11.1 Å². The van der Waals surface area contributed by atoms with Crippen molar-refractivity contribution in [2.45, 2.75) is 12.5 Å². The summed E-state index contributed by atoms with van der Waals surface area (Å²) in [4.78, 5) is 15.9. The molecular formula is C13H12N2O2. The van der Waals surface area contributed by atoms with Crippen LogP contribution in [0.15, 0.2) is 36.3 Å². The molecule has 0 radical (unpaired) electrons. The van der Waals surface area contributed by atoms with Crippen molar-refractivity contribution in [3.05, 3.63) is 47.4 Å². The van der Waals surface area contributed by atoms with Gasteiger partial charge in [0.15, 0.2) is 6.10 Å². The number of hydrogen-bond donors (Lipinski definition) is 1. The number of aromatic nitrogens is 1. The van der Waals surface area contributed by atoms with Crippen LogP contribution < -0.4 is 5.32 Å². The number of morpholine rings is 1. The van der Waals surface area contributed by atoms with Crippen molar-refractivity contribution >= 4 is 12.0 Å². The predicted molar refractivity (Wildman–Crippen MR) is 62.9 cm³/mol. The summed E-state index contributed by atoms with van der Waals surface area (Å²) in [6.07, 6.45) is 5.83. The summed E-state index contributed by atoms with van der Waals surface area (Å²) >= 11 is 0. The Balaban J connectivity index is 1.84. The minimum atomic E-state index is -0.493. The van der Waals surface area contributed by atoms with Gasteiger partial charge in [-0.25, -0.2) is 0 Å². The van der Waals surface area contributed by atoms with E-state index < -0.39 is 6.10 Å². The fourth-order valence-electron chi connectivity index (χ4n) is 2.18. The van der Waals surface area contributed by atoms with Crippen LogP contribution >= 0.6 is 0 Å². The van der Waals surface area contributed by atoms with Gasteiger partial charge in [0.1, 0.15) is 0 Å². The monoisotopic (exact) mass is 228 g/mol. The van der Waals surface area contributed by atoms with Crippen molar-refractivity contribution in [2.24, 2.45) is 0 Å². The fourth-order valence-corrected chi connectivity index (χ4v) is 2.18. The first kappa shape index (κ1) is 10.2. The normalized spacial score (nSPS) is 23.1. The van der Waals surface area contributed by atoms with Crippen LogP contribution in [0.4, 0.5) is 0 Å². The smallest absolute Gasteiger partial charge is 0.257 e. The number of carbonyl (C=O) groups is 1. The second kappa shape index (κ2) is 3.82. The summed E-state index contributed by atoms with van der Waals surface area (Å²) in [7, 11) is 0. The first-order valence-electron chi connectivity index (χ1n) is 5.47. The van der Waals surface area contributed by atoms with Gasteiger partial charge in [-0.3, -0.25) is 9.78 Å². The molecule has 4 nitrogen and oxygen atoms in total. The fraction of sp³-hybridized carbons (Fsp3) is 0.231. The zero-order valence-electron chi connectivity index (χ0n) is 9.27.